The third-order valence-corrected chi connectivity index (χ3v) is 5.42. The molecule has 19 heavy (non-hydrogen) atoms. The van der Waals surface area contributed by atoms with Crippen LogP contribution in [0.2, 0.25) is 5.02 Å². The smallest absolute Gasteiger partial charge is 0.251 e. The number of benzene rings is 1. The Morgan fingerprint density at radius 2 is 2.21 bits per heavy atom. The molecule has 0 spiro atoms. The van der Waals surface area contributed by atoms with E-state index in [2.05, 4.69) is 27.9 Å². The fourth-order valence-corrected chi connectivity index (χ4v) is 3.31. The lowest BCUT2D eigenvalue weighted by Crippen LogP contribution is -2.32. The van der Waals surface area contributed by atoms with Gasteiger partial charge >= 0.3 is 0 Å². The number of alkyl halides is 1. The molecule has 1 N–H and O–H groups in total. The Kier molecular flexibility index (Phi) is 5.78. The Hall–Kier alpha value is -0.0000000000000000555. The third-order valence-electron chi connectivity index (χ3n) is 3.45. The fourth-order valence-electron chi connectivity index (χ4n) is 2.39. The maximum atomic E-state index is 12.0. The maximum Gasteiger partial charge on any atom is 0.251 e. The van der Waals surface area contributed by atoms with Gasteiger partial charge in [0.25, 0.3) is 5.91 Å². The van der Waals surface area contributed by atoms with Gasteiger partial charge in [0.05, 0.1) is 5.02 Å². The Morgan fingerprint density at radius 1 is 1.42 bits per heavy atom. The molecule has 1 fully saturated rings. The summed E-state index contributed by atoms with van der Waals surface area (Å²) in [5, 5.41) is 3.86. The second-order valence-corrected chi connectivity index (χ2v) is 7.16. The number of carbonyl (C=O) groups is 1. The number of carbonyl (C=O) groups excluding carboxylic acids is 1. The van der Waals surface area contributed by atoms with Gasteiger partial charge < -0.3 is 5.32 Å². The molecule has 104 valence electrons. The molecular weight excluding hydrogens is 396 g/mol. The highest BCUT2D eigenvalue weighted by Gasteiger charge is 2.20. The minimum atomic E-state index is -0.0602. The van der Waals surface area contributed by atoms with Crippen molar-refractivity contribution in [3.63, 3.8) is 0 Å². The zero-order valence-corrected chi connectivity index (χ0v) is 14.1. The van der Waals surface area contributed by atoms with Gasteiger partial charge in [-0.05, 0) is 66.0 Å². The molecule has 1 aliphatic rings. The van der Waals surface area contributed by atoms with Crippen LogP contribution in [0.3, 0.4) is 0 Å². The fraction of sp³-hybridized carbons (Fsp3) is 0.500. The van der Waals surface area contributed by atoms with Crippen LogP contribution in [0.4, 0.5) is 0 Å². The standard InChI is InChI=1S/C14H16Cl2INO/c15-11-3-1-2-9(6-11)8-18-14(19)10-4-5-13(17)12(16)7-10/h4-5,7,9,11H,1-3,6,8H2,(H,18,19). The lowest BCUT2D eigenvalue weighted by molar-refractivity contribution is 0.0943. The van der Waals surface area contributed by atoms with Crippen LogP contribution in [0.1, 0.15) is 36.0 Å². The summed E-state index contributed by atoms with van der Waals surface area (Å²) >= 11 is 14.3. The zero-order chi connectivity index (χ0) is 13.8. The van der Waals surface area contributed by atoms with E-state index in [1.54, 1.807) is 12.1 Å². The first kappa shape index (κ1) is 15.4. The lowest BCUT2D eigenvalue weighted by atomic mass is 9.89. The molecular formula is C14H16Cl2INO. The Labute approximate surface area is 137 Å². The highest BCUT2D eigenvalue weighted by Crippen LogP contribution is 2.27. The normalized spacial score (nSPS) is 23.1. The van der Waals surface area contributed by atoms with E-state index in [9.17, 15) is 4.79 Å². The van der Waals surface area contributed by atoms with Crippen LogP contribution in [-0.4, -0.2) is 17.8 Å². The quantitative estimate of drug-likeness (QED) is 0.576. The third kappa shape index (κ3) is 4.50. The molecule has 2 rings (SSSR count). The van der Waals surface area contributed by atoms with Gasteiger partial charge in [-0.2, -0.15) is 0 Å². The minimum absolute atomic E-state index is 0.0602. The number of halogens is 3. The summed E-state index contributed by atoms with van der Waals surface area (Å²) in [7, 11) is 0. The molecule has 2 nitrogen and oxygen atoms in total. The molecule has 0 radical (unpaired) electrons. The number of nitrogens with one attached hydrogen (secondary N) is 1. The molecule has 0 saturated heterocycles. The molecule has 2 unspecified atom stereocenters. The summed E-state index contributed by atoms with van der Waals surface area (Å²) in [6, 6.07) is 5.37. The van der Waals surface area contributed by atoms with Gasteiger partial charge in [0, 0.05) is 21.1 Å². The van der Waals surface area contributed by atoms with Crippen molar-refractivity contribution < 1.29 is 4.79 Å². The summed E-state index contributed by atoms with van der Waals surface area (Å²) in [6.45, 7) is 0.700. The SMILES string of the molecule is O=C(NCC1CCCC(Cl)C1)c1ccc(I)c(Cl)c1. The number of amides is 1. The minimum Gasteiger partial charge on any atom is -0.352 e. The van der Waals surface area contributed by atoms with E-state index in [0.29, 0.717) is 23.0 Å². The van der Waals surface area contributed by atoms with E-state index < -0.39 is 0 Å². The summed E-state index contributed by atoms with van der Waals surface area (Å²) in [5.41, 5.74) is 0.614. The van der Waals surface area contributed by atoms with Gasteiger partial charge in [-0.25, -0.2) is 0 Å². The van der Waals surface area contributed by atoms with Gasteiger partial charge in [-0.3, -0.25) is 4.79 Å². The van der Waals surface area contributed by atoms with E-state index in [4.69, 9.17) is 23.2 Å². The molecule has 0 aromatic heterocycles. The Balaban J connectivity index is 1.88. The van der Waals surface area contributed by atoms with Gasteiger partial charge in [0.2, 0.25) is 0 Å². The van der Waals surface area contributed by atoms with E-state index in [0.717, 1.165) is 29.3 Å². The van der Waals surface area contributed by atoms with Gasteiger partial charge in [-0.1, -0.05) is 18.0 Å². The van der Waals surface area contributed by atoms with Crippen LogP contribution < -0.4 is 5.32 Å². The molecule has 0 heterocycles. The van der Waals surface area contributed by atoms with E-state index >= 15 is 0 Å². The number of hydrogen-bond donors (Lipinski definition) is 1. The van der Waals surface area contributed by atoms with Gasteiger partial charge in [-0.15, -0.1) is 11.6 Å². The predicted molar refractivity (Wildman–Crippen MR) is 88.1 cm³/mol. The molecule has 0 bridgehead atoms. The highest BCUT2D eigenvalue weighted by molar-refractivity contribution is 14.1. The first-order valence-electron chi connectivity index (χ1n) is 6.43. The van der Waals surface area contributed by atoms with Gasteiger partial charge in [0.1, 0.15) is 0 Å². The van der Waals surface area contributed by atoms with E-state index in [1.165, 1.54) is 0 Å². The van der Waals surface area contributed by atoms with Crippen LogP contribution in [-0.2, 0) is 0 Å². The molecule has 0 aliphatic heterocycles. The van der Waals surface area contributed by atoms with Crippen molar-refractivity contribution in [3.05, 3.63) is 32.4 Å². The number of hydrogen-bond acceptors (Lipinski definition) is 1. The van der Waals surface area contributed by atoms with Crippen LogP contribution in [0, 0.1) is 9.49 Å². The summed E-state index contributed by atoms with van der Waals surface area (Å²) in [4.78, 5) is 12.0. The molecule has 1 amide bonds. The zero-order valence-electron chi connectivity index (χ0n) is 10.5. The number of rotatable bonds is 3. The summed E-state index contributed by atoms with van der Waals surface area (Å²) in [5.74, 6) is 0.439. The highest BCUT2D eigenvalue weighted by atomic mass is 127. The van der Waals surface area contributed by atoms with Crippen molar-refractivity contribution in [3.8, 4) is 0 Å². The second kappa shape index (κ2) is 7.14. The summed E-state index contributed by atoms with van der Waals surface area (Å²) < 4.78 is 0.952. The maximum absolute atomic E-state index is 12.0. The molecule has 1 aliphatic carbocycles. The molecule has 1 aromatic carbocycles. The first-order chi connectivity index (χ1) is 9.06. The average Bonchev–Trinajstić information content (AvgIpc) is 2.39. The Morgan fingerprint density at radius 3 is 2.89 bits per heavy atom. The first-order valence-corrected chi connectivity index (χ1v) is 8.33. The molecule has 5 heteroatoms. The van der Waals surface area contributed by atoms with Crippen molar-refractivity contribution in [1.29, 1.82) is 0 Å². The predicted octanol–water partition coefficient (Wildman–Crippen LogP) is 4.47. The average molecular weight is 412 g/mol. The molecule has 1 aromatic rings. The van der Waals surface area contributed by atoms with Crippen molar-refractivity contribution in [1.82, 2.24) is 5.32 Å². The van der Waals surface area contributed by atoms with Crippen LogP contribution >= 0.6 is 45.8 Å². The van der Waals surface area contributed by atoms with Crippen LogP contribution in [0.5, 0.6) is 0 Å². The largest absolute Gasteiger partial charge is 0.352 e. The van der Waals surface area contributed by atoms with Crippen LogP contribution in [0.15, 0.2) is 18.2 Å². The topological polar surface area (TPSA) is 29.1 Å². The molecule has 1 saturated carbocycles. The van der Waals surface area contributed by atoms with Crippen LogP contribution in [0.25, 0.3) is 0 Å². The van der Waals surface area contributed by atoms with E-state index in [1.807, 2.05) is 6.07 Å². The lowest BCUT2D eigenvalue weighted by Gasteiger charge is -2.25. The molecule has 2 atom stereocenters. The Bertz CT molecular complexity index is 467. The second-order valence-electron chi connectivity index (χ2n) is 4.97. The van der Waals surface area contributed by atoms with E-state index in [-0.39, 0.29) is 11.3 Å². The van der Waals surface area contributed by atoms with Crippen molar-refractivity contribution in [2.24, 2.45) is 5.92 Å². The monoisotopic (exact) mass is 411 g/mol. The van der Waals surface area contributed by atoms with Gasteiger partial charge in [0.15, 0.2) is 0 Å². The van der Waals surface area contributed by atoms with Crippen molar-refractivity contribution in [2.75, 3.05) is 6.54 Å². The van der Waals surface area contributed by atoms with Crippen molar-refractivity contribution >= 4 is 51.7 Å². The summed E-state index contributed by atoms with van der Waals surface area (Å²) in [6.07, 6.45) is 4.40. The van der Waals surface area contributed by atoms with Crippen molar-refractivity contribution in [2.45, 2.75) is 31.1 Å².